The normalized spacial score (nSPS) is 10.7. The molecule has 0 aliphatic rings. The minimum atomic E-state index is -0.362. The first kappa shape index (κ1) is 19.4. The smallest absolute Gasteiger partial charge is 0.306 e. The maximum Gasteiger partial charge on any atom is 0.306 e. The number of benzene rings is 2. The van der Waals surface area contributed by atoms with Crippen LogP contribution in [0.2, 0.25) is 0 Å². The molecule has 1 heterocycles. The van der Waals surface area contributed by atoms with Crippen molar-refractivity contribution in [2.24, 2.45) is 0 Å². The first-order valence-electron chi connectivity index (χ1n) is 8.61. The van der Waals surface area contributed by atoms with Crippen LogP contribution in [-0.2, 0) is 14.3 Å². The van der Waals surface area contributed by atoms with Crippen LogP contribution in [0.3, 0.4) is 0 Å². The monoisotopic (exact) mass is 400 g/mol. The van der Waals surface area contributed by atoms with Crippen molar-refractivity contribution in [1.29, 1.82) is 0 Å². The molecule has 140 valence electrons. The molecule has 0 fully saturated rings. The van der Waals surface area contributed by atoms with Crippen molar-refractivity contribution in [1.82, 2.24) is 4.98 Å². The molecule has 0 aliphatic carbocycles. The SMILES string of the molecule is Cc1cccc(NC(=O)COC(=O)CCCSc2nc3ccccc3s2)c1. The fourth-order valence-electron chi connectivity index (χ4n) is 2.43. The quantitative estimate of drug-likeness (QED) is 0.338. The first-order chi connectivity index (χ1) is 13.1. The number of carbonyl (C=O) groups excluding carboxylic acids is 2. The van der Waals surface area contributed by atoms with Crippen LogP contribution in [0.5, 0.6) is 0 Å². The van der Waals surface area contributed by atoms with Crippen molar-refractivity contribution in [3.8, 4) is 0 Å². The van der Waals surface area contributed by atoms with Gasteiger partial charge in [0.1, 0.15) is 0 Å². The molecule has 0 unspecified atom stereocenters. The molecule has 0 radical (unpaired) electrons. The van der Waals surface area contributed by atoms with Crippen molar-refractivity contribution in [3.63, 3.8) is 0 Å². The zero-order valence-electron chi connectivity index (χ0n) is 14.9. The Balaban J connectivity index is 1.33. The van der Waals surface area contributed by atoms with E-state index in [2.05, 4.69) is 16.4 Å². The highest BCUT2D eigenvalue weighted by Crippen LogP contribution is 2.29. The van der Waals surface area contributed by atoms with E-state index >= 15 is 0 Å². The Morgan fingerprint density at radius 3 is 2.85 bits per heavy atom. The van der Waals surface area contributed by atoms with Gasteiger partial charge in [-0.15, -0.1) is 11.3 Å². The Labute approximate surface area is 166 Å². The van der Waals surface area contributed by atoms with Gasteiger partial charge >= 0.3 is 5.97 Å². The Morgan fingerprint density at radius 2 is 2.04 bits per heavy atom. The largest absolute Gasteiger partial charge is 0.456 e. The van der Waals surface area contributed by atoms with Crippen LogP contribution in [-0.4, -0.2) is 29.2 Å². The average molecular weight is 401 g/mol. The lowest BCUT2D eigenvalue weighted by Crippen LogP contribution is -2.20. The lowest BCUT2D eigenvalue weighted by molar-refractivity contribution is -0.147. The molecule has 0 saturated heterocycles. The van der Waals surface area contributed by atoms with E-state index in [1.165, 1.54) is 4.70 Å². The van der Waals surface area contributed by atoms with Crippen molar-refractivity contribution in [3.05, 3.63) is 54.1 Å². The van der Waals surface area contributed by atoms with Crippen LogP contribution in [0.4, 0.5) is 5.69 Å². The lowest BCUT2D eigenvalue weighted by Gasteiger charge is -2.07. The third-order valence-corrected chi connectivity index (χ3v) is 5.96. The molecule has 1 aromatic heterocycles. The van der Waals surface area contributed by atoms with Gasteiger partial charge in [-0.05, 0) is 43.2 Å². The summed E-state index contributed by atoms with van der Waals surface area (Å²) in [4.78, 5) is 28.2. The summed E-state index contributed by atoms with van der Waals surface area (Å²) in [5, 5.41) is 2.71. The van der Waals surface area contributed by atoms with E-state index in [0.717, 1.165) is 21.2 Å². The standard InChI is InChI=1S/C20H20N2O3S2/c1-14-6-4-7-15(12-14)21-18(23)13-25-19(24)10-5-11-26-20-22-16-8-2-3-9-17(16)27-20/h2-4,6-9,12H,5,10-11,13H2,1H3,(H,21,23). The summed E-state index contributed by atoms with van der Waals surface area (Å²) in [6.07, 6.45) is 0.967. The number of esters is 1. The number of nitrogens with one attached hydrogen (secondary N) is 1. The van der Waals surface area contributed by atoms with E-state index in [-0.39, 0.29) is 24.9 Å². The number of thiazole rings is 1. The number of para-hydroxylation sites is 1. The van der Waals surface area contributed by atoms with E-state index in [4.69, 9.17) is 4.74 Å². The number of thioether (sulfide) groups is 1. The summed E-state index contributed by atoms with van der Waals surface area (Å²) in [5.74, 6) is 0.0850. The highest BCUT2D eigenvalue weighted by atomic mass is 32.2. The molecule has 1 amide bonds. The number of fused-ring (bicyclic) bond motifs is 1. The van der Waals surface area contributed by atoms with Crippen molar-refractivity contribution in [2.75, 3.05) is 17.7 Å². The number of ether oxygens (including phenoxy) is 1. The average Bonchev–Trinajstić information content (AvgIpc) is 3.06. The highest BCUT2D eigenvalue weighted by Gasteiger charge is 2.09. The van der Waals surface area contributed by atoms with Crippen LogP contribution in [0.1, 0.15) is 18.4 Å². The summed E-state index contributed by atoms with van der Waals surface area (Å²) in [7, 11) is 0. The van der Waals surface area contributed by atoms with Gasteiger partial charge in [-0.2, -0.15) is 0 Å². The maximum absolute atomic E-state index is 11.8. The fraction of sp³-hybridized carbons (Fsp3) is 0.250. The van der Waals surface area contributed by atoms with Gasteiger partial charge in [0.05, 0.1) is 10.2 Å². The summed E-state index contributed by atoms with van der Waals surface area (Å²) < 4.78 is 7.20. The number of aryl methyl sites for hydroxylation is 1. The number of amides is 1. The summed E-state index contributed by atoms with van der Waals surface area (Å²) in [6, 6.07) is 15.5. The maximum atomic E-state index is 11.8. The Morgan fingerprint density at radius 1 is 1.19 bits per heavy atom. The number of aromatic nitrogens is 1. The number of nitrogens with zero attached hydrogens (tertiary/aromatic N) is 1. The van der Waals surface area contributed by atoms with Crippen molar-refractivity contribution >= 4 is 50.9 Å². The molecule has 3 aromatic rings. The van der Waals surface area contributed by atoms with E-state index in [1.54, 1.807) is 29.2 Å². The molecule has 27 heavy (non-hydrogen) atoms. The predicted molar refractivity (Wildman–Crippen MR) is 110 cm³/mol. The van der Waals surface area contributed by atoms with Crippen LogP contribution in [0.25, 0.3) is 10.2 Å². The topological polar surface area (TPSA) is 68.3 Å². The number of carbonyl (C=O) groups is 2. The van der Waals surface area contributed by atoms with E-state index in [1.807, 2.05) is 43.3 Å². The number of anilines is 1. The second kappa shape index (κ2) is 9.53. The summed E-state index contributed by atoms with van der Waals surface area (Å²) in [5.41, 5.74) is 2.75. The molecule has 5 nitrogen and oxygen atoms in total. The van der Waals surface area contributed by atoms with Crippen LogP contribution >= 0.6 is 23.1 Å². The molecule has 1 N–H and O–H groups in total. The summed E-state index contributed by atoms with van der Waals surface area (Å²) in [6.45, 7) is 1.68. The van der Waals surface area contributed by atoms with Gasteiger partial charge in [0.2, 0.25) is 0 Å². The zero-order chi connectivity index (χ0) is 19.1. The molecule has 0 spiro atoms. The Hall–Kier alpha value is -2.38. The molecule has 0 saturated carbocycles. The van der Waals surface area contributed by atoms with Gasteiger partial charge in [0, 0.05) is 17.9 Å². The first-order valence-corrected chi connectivity index (χ1v) is 10.4. The second-order valence-corrected chi connectivity index (χ2v) is 8.35. The molecular formula is C20H20N2O3S2. The van der Waals surface area contributed by atoms with Crippen LogP contribution < -0.4 is 5.32 Å². The number of hydrogen-bond acceptors (Lipinski definition) is 6. The lowest BCUT2D eigenvalue weighted by atomic mass is 10.2. The van der Waals surface area contributed by atoms with Gasteiger partial charge in [-0.3, -0.25) is 9.59 Å². The molecule has 7 heteroatoms. The van der Waals surface area contributed by atoms with Crippen molar-refractivity contribution < 1.29 is 14.3 Å². The zero-order valence-corrected chi connectivity index (χ0v) is 16.6. The molecule has 0 bridgehead atoms. The summed E-state index contributed by atoms with van der Waals surface area (Å²) >= 11 is 3.29. The highest BCUT2D eigenvalue weighted by molar-refractivity contribution is 8.01. The third-order valence-electron chi connectivity index (χ3n) is 3.69. The van der Waals surface area contributed by atoms with Gasteiger partial charge in [-0.1, -0.05) is 36.0 Å². The second-order valence-electron chi connectivity index (χ2n) is 5.98. The minimum absolute atomic E-state index is 0.266. The Bertz CT molecular complexity index is 907. The van der Waals surface area contributed by atoms with Crippen molar-refractivity contribution in [2.45, 2.75) is 24.1 Å². The van der Waals surface area contributed by atoms with Gasteiger partial charge < -0.3 is 10.1 Å². The molecule has 0 aliphatic heterocycles. The van der Waals surface area contributed by atoms with E-state index in [9.17, 15) is 9.59 Å². The van der Waals surface area contributed by atoms with Gasteiger partial charge in [0.25, 0.3) is 5.91 Å². The predicted octanol–water partition coefficient (Wildman–Crippen LogP) is 4.66. The molecular weight excluding hydrogens is 380 g/mol. The minimum Gasteiger partial charge on any atom is -0.456 e. The van der Waals surface area contributed by atoms with Gasteiger partial charge in [-0.25, -0.2) is 4.98 Å². The number of rotatable bonds is 8. The van der Waals surface area contributed by atoms with E-state index in [0.29, 0.717) is 12.1 Å². The Kier molecular flexibility index (Phi) is 6.84. The molecule has 3 rings (SSSR count). The fourth-order valence-corrected chi connectivity index (χ4v) is 4.51. The van der Waals surface area contributed by atoms with Crippen LogP contribution in [0, 0.1) is 6.92 Å². The molecule has 0 atom stereocenters. The van der Waals surface area contributed by atoms with Gasteiger partial charge in [0.15, 0.2) is 10.9 Å². The van der Waals surface area contributed by atoms with E-state index < -0.39 is 0 Å². The molecule has 2 aromatic carbocycles. The number of hydrogen-bond donors (Lipinski definition) is 1. The van der Waals surface area contributed by atoms with Crippen LogP contribution in [0.15, 0.2) is 52.9 Å². The third kappa shape index (κ3) is 6.08.